The first-order valence-corrected chi connectivity index (χ1v) is 38.0. The standard InChI is InChI=1S/C20H25N9O2.C19H23N9O2.2C18H21N9O2/c1-31-19-16(17(22)30)18(27-20(28-19)26-15-8-3-2-7-14(15)21)25-12-5-4-6-13(11-12)29-23-9-10-24-29;20-13-6-1-2-7-14(13)25-19-26-17(15(16(21)29)18(30)27-19)24-11-4-3-5-12(10-11)28-22-8-9-23-28;19-14-10-29-7-4-15(14)25-18-21-9-13(16(20)28)17(26-18)24-11-2-1-3-12(8-11)27-22-5-6-23-27;19-14-4-7-29-10-15(14)25-18-21-9-13(16(20)28)17(26-18)24-11-2-1-3-12(8-11)27-22-5-6-23-27/h4-6,9-11,14-15H,2-3,7-8,21H2,1H3,(H2,22,30)(H2,25,26,27,28);3-5,8-10,13-14H,1-2,6-7,20H2,(H2,21,29)(H3,24,25,26,27,30);2*1-3,5-6,8-9,14-15H,4,7,10,19H2,(H2,20,28)(H2,21,24,25,26)/t14-,15+;13-,14+;2*14-,15+/m0000/s1. The van der Waals surface area contributed by atoms with Crippen LogP contribution >= 0.6 is 0 Å². The average Bonchev–Trinajstić information content (AvgIpc) is 1.12. The lowest BCUT2D eigenvalue weighted by Crippen LogP contribution is -2.47. The summed E-state index contributed by atoms with van der Waals surface area (Å²) in [5.41, 5.74) is 51.7. The molecule has 4 amide bonds. The largest absolute Gasteiger partial charge is 0.480 e. The Hall–Kier alpha value is -14.6. The maximum atomic E-state index is 12.5. The fraction of sp³-hybridized carbons (Fsp3) is 0.307. The van der Waals surface area contributed by atoms with Gasteiger partial charge < -0.3 is 103 Å². The van der Waals surface area contributed by atoms with Crippen LogP contribution in [0.5, 0.6) is 5.88 Å². The molecule has 12 aromatic rings. The minimum Gasteiger partial charge on any atom is -0.480 e. The van der Waals surface area contributed by atoms with Gasteiger partial charge in [0.15, 0.2) is 11.6 Å². The second-order valence-electron chi connectivity index (χ2n) is 27.7. The van der Waals surface area contributed by atoms with Gasteiger partial charge in [-0.3, -0.25) is 29.0 Å². The topological polar surface area (TPSA) is 646 Å². The Kier molecular flexibility index (Phi) is 27.1. The molecule has 119 heavy (non-hydrogen) atoms. The van der Waals surface area contributed by atoms with Crippen LogP contribution in [-0.4, -0.2) is 205 Å². The van der Waals surface area contributed by atoms with E-state index in [1.807, 2.05) is 78.9 Å². The number of rotatable bonds is 25. The van der Waals surface area contributed by atoms with Crippen molar-refractivity contribution in [3.05, 3.63) is 192 Å². The summed E-state index contributed by atoms with van der Waals surface area (Å²) < 4.78 is 16.1. The molecule has 25 N–H and O–H groups in total. The van der Waals surface area contributed by atoms with Crippen molar-refractivity contribution in [2.75, 3.05) is 76.1 Å². The lowest BCUT2D eigenvalue weighted by molar-refractivity contribution is 0.0751. The molecule has 0 unspecified atom stereocenters. The van der Waals surface area contributed by atoms with Gasteiger partial charge in [-0.05, 0) is 111 Å². The maximum absolute atomic E-state index is 12.5. The van der Waals surface area contributed by atoms with E-state index in [1.165, 1.54) is 38.7 Å². The number of anilines is 12. The highest BCUT2D eigenvalue weighted by Gasteiger charge is 2.30. The van der Waals surface area contributed by atoms with E-state index >= 15 is 0 Å². The van der Waals surface area contributed by atoms with Gasteiger partial charge in [0.05, 0.1) is 98.7 Å². The van der Waals surface area contributed by atoms with Gasteiger partial charge in [0.25, 0.3) is 29.2 Å². The number of hydrogen-bond donors (Lipinski definition) is 17. The Labute approximate surface area is 678 Å². The van der Waals surface area contributed by atoms with Crippen LogP contribution in [-0.2, 0) is 9.47 Å². The number of aromatic amines is 1. The van der Waals surface area contributed by atoms with Crippen LogP contribution < -0.4 is 98.7 Å². The molecule has 4 aliphatic rings. The maximum Gasteiger partial charge on any atom is 0.267 e. The van der Waals surface area contributed by atoms with Crippen molar-refractivity contribution < 1.29 is 33.4 Å². The molecule has 0 radical (unpaired) electrons. The molecule has 44 heteroatoms. The normalized spacial score (nSPS) is 18.7. The molecule has 16 rings (SSSR count). The number of hydrogen-bond acceptors (Lipinski definition) is 35. The second kappa shape index (κ2) is 39.2. The van der Waals surface area contributed by atoms with Crippen LogP contribution in [0.15, 0.2) is 164 Å². The third-order valence-electron chi connectivity index (χ3n) is 19.3. The number of nitrogens with one attached hydrogen (secondary N) is 9. The van der Waals surface area contributed by atoms with Gasteiger partial charge >= 0.3 is 0 Å². The molecule has 8 aromatic heterocycles. The van der Waals surface area contributed by atoms with Crippen LogP contribution in [0.25, 0.3) is 22.7 Å². The zero-order valence-electron chi connectivity index (χ0n) is 64.4. The third-order valence-corrected chi connectivity index (χ3v) is 19.3. The Balaban J connectivity index is 0.000000137. The van der Waals surface area contributed by atoms with Crippen LogP contribution in [0.3, 0.4) is 0 Å². The van der Waals surface area contributed by atoms with Crippen molar-refractivity contribution in [2.45, 2.75) is 113 Å². The number of ether oxygens (including phenoxy) is 3. The Morgan fingerprint density at radius 1 is 0.412 bits per heavy atom. The molecular formula is C75H90N36O8. The van der Waals surface area contributed by atoms with Gasteiger partial charge in [0.2, 0.25) is 29.7 Å². The van der Waals surface area contributed by atoms with Crippen molar-refractivity contribution in [1.29, 1.82) is 0 Å². The average molecular weight is 1620 g/mol. The van der Waals surface area contributed by atoms with Gasteiger partial charge in [-0.15, -0.1) is 0 Å². The van der Waals surface area contributed by atoms with Crippen molar-refractivity contribution in [3.63, 3.8) is 0 Å². The highest BCUT2D eigenvalue weighted by Crippen LogP contribution is 2.32. The van der Waals surface area contributed by atoms with Gasteiger partial charge in [0.1, 0.15) is 33.9 Å². The van der Waals surface area contributed by atoms with Gasteiger partial charge in [0, 0.05) is 90.6 Å². The minimum atomic E-state index is -0.878. The minimum absolute atomic E-state index is 0.00817. The van der Waals surface area contributed by atoms with Crippen molar-refractivity contribution in [3.8, 4) is 28.6 Å². The summed E-state index contributed by atoms with van der Waals surface area (Å²) in [4.78, 5) is 99.3. The predicted molar refractivity (Wildman–Crippen MR) is 439 cm³/mol. The number of carbonyl (C=O) groups excluding carboxylic acids is 4. The number of primary amides is 4. The number of methoxy groups -OCH3 is 1. The molecule has 2 aliphatic heterocycles. The van der Waals surface area contributed by atoms with E-state index in [0.29, 0.717) is 78.5 Å². The fourth-order valence-electron chi connectivity index (χ4n) is 13.2. The van der Waals surface area contributed by atoms with Crippen LogP contribution in [0.4, 0.5) is 69.8 Å². The zero-order chi connectivity index (χ0) is 83.3. The molecule has 618 valence electrons. The van der Waals surface area contributed by atoms with E-state index in [-0.39, 0.29) is 99.9 Å². The summed E-state index contributed by atoms with van der Waals surface area (Å²) in [5.74, 6) is -0.667. The van der Waals surface area contributed by atoms with E-state index in [2.05, 4.69) is 123 Å². The number of H-pyrrole nitrogens is 1. The fourth-order valence-corrected chi connectivity index (χ4v) is 13.2. The number of nitrogens with zero attached hydrogens (tertiary/aromatic N) is 19. The molecule has 2 saturated heterocycles. The molecule has 2 aliphatic carbocycles. The summed E-state index contributed by atoms with van der Waals surface area (Å²) in [6.45, 7) is 2.18. The summed E-state index contributed by atoms with van der Waals surface area (Å²) >= 11 is 0. The molecule has 10 heterocycles. The van der Waals surface area contributed by atoms with Crippen LogP contribution in [0.2, 0.25) is 0 Å². The molecule has 0 spiro atoms. The zero-order valence-corrected chi connectivity index (χ0v) is 64.4. The molecule has 2 saturated carbocycles. The molecule has 44 nitrogen and oxygen atoms in total. The monoisotopic (exact) mass is 1620 g/mol. The van der Waals surface area contributed by atoms with Gasteiger partial charge in [-0.2, -0.15) is 84.9 Å². The molecule has 8 atom stereocenters. The van der Waals surface area contributed by atoms with Crippen molar-refractivity contribution in [1.82, 2.24) is 99.8 Å². The summed E-state index contributed by atoms with van der Waals surface area (Å²) in [5, 5.41) is 58.2. The molecule has 0 bridgehead atoms. The lowest BCUT2D eigenvalue weighted by Gasteiger charge is -2.29. The summed E-state index contributed by atoms with van der Waals surface area (Å²) in [7, 11) is 1.43. The van der Waals surface area contributed by atoms with E-state index in [1.54, 1.807) is 67.8 Å². The molecular weight excluding hydrogens is 1530 g/mol. The Bertz CT molecular complexity index is 5310. The summed E-state index contributed by atoms with van der Waals surface area (Å²) in [6, 6.07) is 28.8. The molecule has 4 aromatic carbocycles. The van der Waals surface area contributed by atoms with E-state index < -0.39 is 29.2 Å². The van der Waals surface area contributed by atoms with Crippen molar-refractivity contribution >= 4 is 93.4 Å². The highest BCUT2D eigenvalue weighted by atomic mass is 16.5. The molecule has 4 fully saturated rings. The SMILES string of the molecule is COc1nc(N[C@@H]2CCCC[C@@H]2N)nc(Nc2cccc(-n3nccn3)c2)c1C(N)=O.NC(=O)c1c(Nc2cccc(-n3nccn3)c2)nc(N[C@@H]2CCCC[C@@H]2N)[nH]c1=O.NC(=O)c1cnc(N[C@@H]2CCOC[C@@H]2N)nc1Nc1cccc(-n2nccn2)c1.NC(=O)c1cnc(N[C@@H]2COCC[C@@H]2N)nc1Nc1cccc(-n2nccn2)c1. The first-order chi connectivity index (χ1) is 57.7. The van der Waals surface area contributed by atoms with Gasteiger partial charge in [-0.25, -0.2) is 9.97 Å². The van der Waals surface area contributed by atoms with Crippen LogP contribution in [0.1, 0.15) is 106 Å². The van der Waals surface area contributed by atoms with E-state index in [4.69, 9.17) is 60.1 Å². The Morgan fingerprint density at radius 2 is 0.782 bits per heavy atom. The Morgan fingerprint density at radius 3 is 1.19 bits per heavy atom. The second-order valence-corrected chi connectivity index (χ2v) is 27.7. The number of benzene rings is 4. The smallest absolute Gasteiger partial charge is 0.267 e. The number of aromatic nitrogens is 20. The van der Waals surface area contributed by atoms with E-state index in [9.17, 15) is 24.0 Å². The third kappa shape index (κ3) is 21.7. The summed E-state index contributed by atoms with van der Waals surface area (Å²) in [6.07, 6.45) is 24.9. The highest BCUT2D eigenvalue weighted by molar-refractivity contribution is 6.01. The first kappa shape index (κ1) is 82.4. The lowest BCUT2D eigenvalue weighted by atomic mass is 9.91. The predicted octanol–water partition coefficient (Wildman–Crippen LogP) is 3.32. The quantitative estimate of drug-likeness (QED) is 0.0390. The number of amides is 4. The van der Waals surface area contributed by atoms with Crippen molar-refractivity contribution in [2.24, 2.45) is 45.9 Å². The van der Waals surface area contributed by atoms with Crippen LogP contribution in [0, 0.1) is 0 Å². The first-order valence-electron chi connectivity index (χ1n) is 38.0. The van der Waals surface area contributed by atoms with Gasteiger partial charge in [-0.1, -0.05) is 49.9 Å². The number of carbonyl (C=O) groups is 4. The number of nitrogens with two attached hydrogens (primary N) is 8. The van der Waals surface area contributed by atoms with E-state index in [0.717, 1.165) is 81.3 Å².